The molecule has 0 radical (unpaired) electrons. The van der Waals surface area contributed by atoms with E-state index >= 15 is 0 Å². The van der Waals surface area contributed by atoms with Crippen LogP contribution in [0.2, 0.25) is 0 Å². The van der Waals surface area contributed by atoms with Gasteiger partial charge in [-0.1, -0.05) is 6.92 Å². The van der Waals surface area contributed by atoms with Gasteiger partial charge in [-0.3, -0.25) is 14.4 Å². The van der Waals surface area contributed by atoms with Crippen LogP contribution in [-0.4, -0.2) is 87.1 Å². The zero-order valence-electron chi connectivity index (χ0n) is 18.7. The van der Waals surface area contributed by atoms with Crippen molar-refractivity contribution < 1.29 is 24.6 Å². The minimum absolute atomic E-state index is 0.00540. The molecule has 0 bridgehead atoms. The van der Waals surface area contributed by atoms with Crippen molar-refractivity contribution in [2.24, 2.45) is 5.73 Å². The molecule has 9 heteroatoms. The van der Waals surface area contributed by atoms with Crippen molar-refractivity contribution in [1.82, 2.24) is 9.80 Å². The van der Waals surface area contributed by atoms with Crippen molar-refractivity contribution in [2.45, 2.75) is 83.6 Å². The van der Waals surface area contributed by atoms with Gasteiger partial charge in [0.1, 0.15) is 12.1 Å². The van der Waals surface area contributed by atoms with Crippen LogP contribution in [0.25, 0.3) is 0 Å². The lowest BCUT2D eigenvalue weighted by atomic mass is 9.97. The van der Waals surface area contributed by atoms with Gasteiger partial charge in [0.2, 0.25) is 17.7 Å². The van der Waals surface area contributed by atoms with Gasteiger partial charge in [-0.05, 0) is 45.8 Å². The number of primary amides is 1. The Labute approximate surface area is 179 Å². The summed E-state index contributed by atoms with van der Waals surface area (Å²) in [7, 11) is 3.08. The molecule has 0 spiro atoms. The van der Waals surface area contributed by atoms with E-state index in [1.807, 2.05) is 6.92 Å². The lowest BCUT2D eigenvalue weighted by molar-refractivity contribution is -0.147. The van der Waals surface area contributed by atoms with E-state index in [2.05, 4.69) is 0 Å². The Bertz CT molecular complexity index is 537. The number of amides is 3. The Morgan fingerprint density at radius 3 is 2.17 bits per heavy atom. The normalized spacial score (nSPS) is 14.8. The van der Waals surface area contributed by atoms with E-state index in [9.17, 15) is 24.6 Å². The van der Waals surface area contributed by atoms with E-state index in [-0.39, 0.29) is 24.3 Å². The highest BCUT2D eigenvalue weighted by atomic mass is 32.2. The Morgan fingerprint density at radius 2 is 1.72 bits per heavy atom. The number of hydrogen-bond donors (Lipinski definition) is 3. The summed E-state index contributed by atoms with van der Waals surface area (Å²) in [5.74, 6) is -0.0936. The van der Waals surface area contributed by atoms with Crippen molar-refractivity contribution >= 4 is 29.5 Å². The van der Waals surface area contributed by atoms with Crippen LogP contribution in [0, 0.1) is 0 Å². The molecule has 4 N–H and O–H groups in total. The number of nitrogens with zero attached hydrogens (tertiary/aromatic N) is 2. The molecule has 0 saturated heterocycles. The van der Waals surface area contributed by atoms with Crippen LogP contribution >= 0.6 is 11.8 Å². The molecular weight excluding hydrogens is 394 g/mol. The van der Waals surface area contributed by atoms with Crippen LogP contribution in [0.4, 0.5) is 0 Å². The van der Waals surface area contributed by atoms with E-state index in [0.717, 1.165) is 12.2 Å². The zero-order valence-corrected chi connectivity index (χ0v) is 19.5. The topological polar surface area (TPSA) is 124 Å². The number of thioether (sulfide) groups is 1. The Kier molecular flexibility index (Phi) is 12.5. The molecule has 0 aliphatic carbocycles. The van der Waals surface area contributed by atoms with Gasteiger partial charge in [-0.15, -0.1) is 0 Å². The smallest absolute Gasteiger partial charge is 0.246 e. The largest absolute Gasteiger partial charge is 0.393 e. The van der Waals surface area contributed by atoms with E-state index in [1.165, 1.54) is 28.6 Å². The Balaban J connectivity index is 5.35. The zero-order chi connectivity index (χ0) is 22.8. The monoisotopic (exact) mass is 433 g/mol. The molecule has 170 valence electrons. The van der Waals surface area contributed by atoms with Crippen LogP contribution in [0.1, 0.15) is 59.8 Å². The summed E-state index contributed by atoms with van der Waals surface area (Å²) >= 11 is 1.53. The molecule has 0 aliphatic rings. The minimum atomic E-state index is -1.18. The first-order chi connectivity index (χ1) is 13.3. The highest BCUT2D eigenvalue weighted by molar-refractivity contribution is 7.99. The minimum Gasteiger partial charge on any atom is -0.393 e. The quantitative estimate of drug-likeness (QED) is 0.351. The molecule has 0 aromatic carbocycles. The van der Waals surface area contributed by atoms with Gasteiger partial charge in [0, 0.05) is 32.7 Å². The van der Waals surface area contributed by atoms with Crippen molar-refractivity contribution in [2.75, 3.05) is 25.6 Å². The molecule has 8 nitrogen and oxygen atoms in total. The maximum atomic E-state index is 13.2. The first-order valence-electron chi connectivity index (χ1n) is 10.1. The summed E-state index contributed by atoms with van der Waals surface area (Å²) in [6.07, 6.45) is 2.11. The molecule has 0 rings (SSSR count). The van der Waals surface area contributed by atoms with Gasteiger partial charge in [-0.25, -0.2) is 0 Å². The van der Waals surface area contributed by atoms with E-state index in [1.54, 1.807) is 27.8 Å². The summed E-state index contributed by atoms with van der Waals surface area (Å²) in [5.41, 5.74) is 4.30. The summed E-state index contributed by atoms with van der Waals surface area (Å²) in [4.78, 5) is 40.2. The van der Waals surface area contributed by atoms with Crippen molar-refractivity contribution in [3.05, 3.63) is 0 Å². The van der Waals surface area contributed by atoms with Crippen LogP contribution in [-0.2, 0) is 14.4 Å². The molecule has 29 heavy (non-hydrogen) atoms. The number of carbonyl (C=O) groups is 3. The van der Waals surface area contributed by atoms with Crippen LogP contribution in [0.3, 0.4) is 0 Å². The lowest BCUT2D eigenvalue weighted by Crippen LogP contribution is -2.56. The van der Waals surface area contributed by atoms with Gasteiger partial charge in [0.15, 0.2) is 0 Å². The second-order valence-electron chi connectivity index (χ2n) is 8.22. The number of aliphatic hydroxyl groups is 2. The number of likely N-dealkylation sites (N-methyl/N-ethyl adjacent to an activating group) is 2. The van der Waals surface area contributed by atoms with Gasteiger partial charge in [0.25, 0.3) is 0 Å². The number of hydrogen-bond acceptors (Lipinski definition) is 6. The summed E-state index contributed by atoms with van der Waals surface area (Å²) in [6.45, 7) is 6.73. The average molecular weight is 434 g/mol. The Hall–Kier alpha value is -1.32. The van der Waals surface area contributed by atoms with Crippen LogP contribution in [0.5, 0.6) is 0 Å². The van der Waals surface area contributed by atoms with Crippen molar-refractivity contribution in [3.63, 3.8) is 0 Å². The van der Waals surface area contributed by atoms with Crippen LogP contribution in [0.15, 0.2) is 0 Å². The second kappa shape index (κ2) is 13.1. The van der Waals surface area contributed by atoms with Gasteiger partial charge >= 0.3 is 0 Å². The number of rotatable bonds is 14. The fraction of sp³-hybridized carbons (Fsp3) is 0.850. The lowest BCUT2D eigenvalue weighted by Gasteiger charge is -2.35. The fourth-order valence-electron chi connectivity index (χ4n) is 2.88. The molecule has 0 saturated carbocycles. The second-order valence-corrected chi connectivity index (χ2v) is 9.37. The standard InChI is InChI=1S/C20H39N3O5S/c1-7-9-17(25)22(5)16(13-29-11-8-10-14(2)24)19(27)23(6)15(18(21)26)12-20(3,4)28/h14-16,24,28H,7-13H2,1-6H3,(H2,21,26)/t14-,15+,16-/m1/s1. The third kappa shape index (κ3) is 10.9. The highest BCUT2D eigenvalue weighted by Gasteiger charge is 2.36. The van der Waals surface area contributed by atoms with Gasteiger partial charge in [0.05, 0.1) is 11.7 Å². The molecule has 0 fully saturated rings. The molecule has 0 aliphatic heterocycles. The molecule has 3 atom stereocenters. The van der Waals surface area contributed by atoms with E-state index in [0.29, 0.717) is 25.0 Å². The number of carbonyl (C=O) groups excluding carboxylic acids is 3. The fourth-order valence-corrected chi connectivity index (χ4v) is 4.01. The van der Waals surface area contributed by atoms with Gasteiger partial charge in [-0.2, -0.15) is 11.8 Å². The predicted molar refractivity (Wildman–Crippen MR) is 116 cm³/mol. The summed E-state index contributed by atoms with van der Waals surface area (Å²) in [6, 6.07) is -1.71. The van der Waals surface area contributed by atoms with Gasteiger partial charge < -0.3 is 25.7 Å². The average Bonchev–Trinajstić information content (AvgIpc) is 2.60. The first kappa shape index (κ1) is 27.7. The number of aliphatic hydroxyl groups excluding tert-OH is 1. The van der Waals surface area contributed by atoms with E-state index < -0.39 is 23.6 Å². The molecular formula is C20H39N3O5S. The highest BCUT2D eigenvalue weighted by Crippen LogP contribution is 2.19. The van der Waals surface area contributed by atoms with E-state index in [4.69, 9.17) is 5.73 Å². The predicted octanol–water partition coefficient (Wildman–Crippen LogP) is 0.981. The first-order valence-corrected chi connectivity index (χ1v) is 11.3. The third-order valence-corrected chi connectivity index (χ3v) is 5.76. The summed E-state index contributed by atoms with van der Waals surface area (Å²) < 4.78 is 0. The summed E-state index contributed by atoms with van der Waals surface area (Å²) in [5, 5.41) is 19.4. The van der Waals surface area contributed by atoms with Crippen LogP contribution < -0.4 is 5.73 Å². The maximum Gasteiger partial charge on any atom is 0.246 e. The molecule has 0 aromatic heterocycles. The third-order valence-electron chi connectivity index (χ3n) is 4.63. The molecule has 0 aromatic rings. The van der Waals surface area contributed by atoms with Crippen molar-refractivity contribution in [3.8, 4) is 0 Å². The SMILES string of the molecule is CCCC(=O)N(C)[C@H](CSCCC[C@@H](C)O)C(=O)N(C)[C@@H](CC(C)(C)O)C(N)=O. The molecule has 0 heterocycles. The molecule has 3 amide bonds. The number of nitrogens with two attached hydrogens (primary N) is 1. The molecule has 0 unspecified atom stereocenters. The Morgan fingerprint density at radius 1 is 1.14 bits per heavy atom. The van der Waals surface area contributed by atoms with Crippen molar-refractivity contribution in [1.29, 1.82) is 0 Å². The maximum absolute atomic E-state index is 13.2.